The Labute approximate surface area is 95.6 Å². The highest BCUT2D eigenvalue weighted by molar-refractivity contribution is 5.66. The third kappa shape index (κ3) is 3.54. The molecule has 0 amide bonds. The van der Waals surface area contributed by atoms with E-state index in [0.717, 1.165) is 0 Å². The minimum atomic E-state index is -1.19. The zero-order valence-corrected chi connectivity index (χ0v) is 8.50. The summed E-state index contributed by atoms with van der Waals surface area (Å²) in [7, 11) is 0. The Morgan fingerprint density at radius 1 is 1.50 bits per heavy atom. The predicted molar refractivity (Wildman–Crippen MR) is 52.2 cm³/mol. The number of ether oxygens (including phenoxy) is 3. The second-order valence-electron chi connectivity index (χ2n) is 3.13. The molecule has 0 radical (unpaired) electrons. The van der Waals surface area contributed by atoms with Crippen LogP contribution in [0.4, 0.5) is 0 Å². The Kier molecular flexibility index (Phi) is 3.32. The van der Waals surface area contributed by atoms with E-state index in [1.807, 2.05) is 0 Å². The van der Waals surface area contributed by atoms with E-state index in [1.165, 1.54) is 12.3 Å². The first-order chi connectivity index (χ1) is 8.58. The molecule has 6 nitrogen and oxygen atoms in total. The van der Waals surface area contributed by atoms with Gasteiger partial charge in [-0.2, -0.15) is 0 Å². The van der Waals surface area contributed by atoms with Gasteiger partial charge in [0.1, 0.15) is 12.7 Å². The highest BCUT2D eigenvalue weighted by Gasteiger charge is 2.33. The number of aliphatic hydroxyl groups is 1. The standard InChI is InChI=1S/C10H14O6/c1-6(11)15-5-9-10(13)8(3-4-14-9)16-7(2)12/h3-4,8-10,13H,5H2,1-2H3/t8-,9-,10+/m1/s1/i1D,2D. The normalized spacial score (nSPS) is 29.7. The average Bonchev–Trinajstić information content (AvgIpc) is 2.39. The SMILES string of the molecule is [2H]CC(=O)OC[C@H]1OC=C[C@@H](OC(=O)C[2H])[C@@H]1O. The quantitative estimate of drug-likeness (QED) is 0.676. The molecule has 0 unspecified atom stereocenters. The molecule has 0 aliphatic carbocycles. The number of aliphatic hydroxyl groups excluding tert-OH is 1. The molecule has 1 aliphatic rings. The number of hydrogen-bond acceptors (Lipinski definition) is 6. The van der Waals surface area contributed by atoms with Crippen LogP contribution in [0.25, 0.3) is 0 Å². The lowest BCUT2D eigenvalue weighted by molar-refractivity contribution is -0.162. The van der Waals surface area contributed by atoms with E-state index >= 15 is 0 Å². The van der Waals surface area contributed by atoms with Gasteiger partial charge < -0.3 is 19.3 Å². The van der Waals surface area contributed by atoms with Gasteiger partial charge in [0, 0.05) is 16.5 Å². The molecule has 90 valence electrons. The lowest BCUT2D eigenvalue weighted by Gasteiger charge is -2.30. The molecule has 0 fully saturated rings. The maximum atomic E-state index is 10.9. The maximum Gasteiger partial charge on any atom is 0.303 e. The molecule has 0 aromatic rings. The molecule has 0 spiro atoms. The first-order valence-corrected chi connectivity index (χ1v) is 4.52. The van der Waals surface area contributed by atoms with Crippen molar-refractivity contribution < 1.29 is 31.6 Å². The second kappa shape index (κ2) is 5.50. The smallest absolute Gasteiger partial charge is 0.303 e. The van der Waals surface area contributed by atoms with Crippen LogP contribution in [-0.2, 0) is 23.8 Å². The van der Waals surface area contributed by atoms with Crippen LogP contribution in [0.3, 0.4) is 0 Å². The minimum Gasteiger partial charge on any atom is -0.492 e. The van der Waals surface area contributed by atoms with Gasteiger partial charge >= 0.3 is 11.9 Å². The molecule has 0 aromatic carbocycles. The van der Waals surface area contributed by atoms with Gasteiger partial charge in [-0.1, -0.05) is 0 Å². The third-order valence-corrected chi connectivity index (χ3v) is 1.92. The van der Waals surface area contributed by atoms with Crippen molar-refractivity contribution in [2.45, 2.75) is 32.1 Å². The van der Waals surface area contributed by atoms with Crippen LogP contribution in [0.15, 0.2) is 12.3 Å². The third-order valence-electron chi connectivity index (χ3n) is 1.92. The van der Waals surface area contributed by atoms with Gasteiger partial charge in [-0.25, -0.2) is 0 Å². The first-order valence-electron chi connectivity index (χ1n) is 5.93. The van der Waals surface area contributed by atoms with E-state index in [9.17, 15) is 14.7 Å². The molecule has 1 aliphatic heterocycles. The molecule has 16 heavy (non-hydrogen) atoms. The summed E-state index contributed by atoms with van der Waals surface area (Å²) in [5.74, 6) is -1.51. The van der Waals surface area contributed by atoms with Crippen LogP contribution in [0.5, 0.6) is 0 Å². The number of carbonyl (C=O) groups is 2. The molecule has 6 heteroatoms. The fourth-order valence-electron chi connectivity index (χ4n) is 1.20. The van der Waals surface area contributed by atoms with Crippen molar-refractivity contribution in [1.82, 2.24) is 0 Å². The van der Waals surface area contributed by atoms with E-state index in [0.29, 0.717) is 0 Å². The number of hydrogen-bond donors (Lipinski definition) is 1. The van der Waals surface area contributed by atoms with E-state index < -0.39 is 44.1 Å². The molecule has 0 saturated carbocycles. The van der Waals surface area contributed by atoms with Crippen molar-refractivity contribution >= 4 is 11.9 Å². The Hall–Kier alpha value is -1.56. The summed E-state index contributed by atoms with van der Waals surface area (Å²) in [6.45, 7) is -1.30. The Morgan fingerprint density at radius 2 is 2.25 bits per heavy atom. The van der Waals surface area contributed by atoms with Crippen molar-refractivity contribution in [3.8, 4) is 0 Å². The van der Waals surface area contributed by atoms with Gasteiger partial charge in [-0.05, 0) is 6.08 Å². The van der Waals surface area contributed by atoms with Gasteiger partial charge in [0.2, 0.25) is 0 Å². The summed E-state index contributed by atoms with van der Waals surface area (Å²) < 4.78 is 28.0. The van der Waals surface area contributed by atoms with Gasteiger partial charge in [-0.15, -0.1) is 0 Å². The maximum absolute atomic E-state index is 10.9. The lowest BCUT2D eigenvalue weighted by atomic mass is 10.1. The predicted octanol–water partition coefficient (Wildman–Crippen LogP) is -0.245. The molecule has 0 saturated heterocycles. The average molecular weight is 232 g/mol. The minimum absolute atomic E-state index is 0.238. The van der Waals surface area contributed by atoms with Crippen LogP contribution < -0.4 is 0 Å². The molecule has 1 heterocycles. The molecule has 1 rings (SSSR count). The van der Waals surface area contributed by atoms with Crippen molar-refractivity contribution in [3.63, 3.8) is 0 Å². The Balaban J connectivity index is 2.50. The number of carbonyl (C=O) groups excluding carboxylic acids is 2. The second-order valence-corrected chi connectivity index (χ2v) is 3.13. The monoisotopic (exact) mass is 232 g/mol. The summed E-state index contributed by atoms with van der Waals surface area (Å²) in [5.41, 5.74) is 0. The van der Waals surface area contributed by atoms with Crippen molar-refractivity contribution in [1.29, 1.82) is 0 Å². The van der Waals surface area contributed by atoms with Gasteiger partial charge in [-0.3, -0.25) is 9.59 Å². The first kappa shape index (κ1) is 9.65. The largest absolute Gasteiger partial charge is 0.492 e. The molecule has 0 bridgehead atoms. The van der Waals surface area contributed by atoms with E-state index in [2.05, 4.69) is 4.74 Å². The summed E-state index contributed by atoms with van der Waals surface area (Å²) in [4.78, 5) is 21.7. The zero-order valence-electron chi connectivity index (χ0n) is 10.5. The molecule has 1 N–H and O–H groups in total. The van der Waals surface area contributed by atoms with Crippen LogP contribution in [0.2, 0.25) is 0 Å². The van der Waals surface area contributed by atoms with E-state index in [-0.39, 0.29) is 6.61 Å². The molecule has 0 aromatic heterocycles. The van der Waals surface area contributed by atoms with Crippen molar-refractivity contribution in [2.75, 3.05) is 6.61 Å². The molecular formula is C10H14O6. The lowest BCUT2D eigenvalue weighted by Crippen LogP contribution is -2.44. The highest BCUT2D eigenvalue weighted by atomic mass is 16.6. The molecule has 3 atom stereocenters. The number of esters is 2. The van der Waals surface area contributed by atoms with Gasteiger partial charge in [0.05, 0.1) is 6.26 Å². The van der Waals surface area contributed by atoms with E-state index in [1.54, 1.807) is 0 Å². The van der Waals surface area contributed by atoms with Crippen LogP contribution in [-0.4, -0.2) is 42.0 Å². The number of rotatable bonds is 3. The van der Waals surface area contributed by atoms with Crippen LogP contribution in [0, 0.1) is 0 Å². The Bertz CT molecular complexity index is 332. The van der Waals surface area contributed by atoms with Crippen LogP contribution in [0.1, 0.15) is 16.5 Å². The summed E-state index contributed by atoms with van der Waals surface area (Å²) in [6.07, 6.45) is -0.427. The van der Waals surface area contributed by atoms with E-state index in [4.69, 9.17) is 12.2 Å². The van der Waals surface area contributed by atoms with Crippen LogP contribution >= 0.6 is 0 Å². The summed E-state index contributed by atoms with van der Waals surface area (Å²) in [5, 5.41) is 9.81. The summed E-state index contributed by atoms with van der Waals surface area (Å²) >= 11 is 0. The topological polar surface area (TPSA) is 82.1 Å². The van der Waals surface area contributed by atoms with Gasteiger partial charge in [0.15, 0.2) is 12.2 Å². The fraction of sp³-hybridized carbons (Fsp3) is 0.600. The zero-order chi connectivity index (χ0) is 13.5. The fourth-order valence-corrected chi connectivity index (χ4v) is 1.20. The van der Waals surface area contributed by atoms with Gasteiger partial charge in [0.25, 0.3) is 0 Å². The summed E-state index contributed by atoms with van der Waals surface area (Å²) in [6, 6.07) is 0. The van der Waals surface area contributed by atoms with Crippen molar-refractivity contribution in [3.05, 3.63) is 12.3 Å². The van der Waals surface area contributed by atoms with Crippen molar-refractivity contribution in [2.24, 2.45) is 0 Å². The Morgan fingerprint density at radius 3 is 2.94 bits per heavy atom. The molecular weight excluding hydrogens is 216 g/mol. The highest BCUT2D eigenvalue weighted by Crippen LogP contribution is 2.16.